The van der Waals surface area contributed by atoms with Crippen molar-refractivity contribution < 1.29 is 4.74 Å². The molecule has 0 aliphatic carbocycles. The summed E-state index contributed by atoms with van der Waals surface area (Å²) in [5.74, 6) is 0. The van der Waals surface area contributed by atoms with Crippen LogP contribution in [-0.2, 0) is 11.3 Å². The van der Waals surface area contributed by atoms with Crippen molar-refractivity contribution in [2.45, 2.75) is 39.3 Å². The number of methoxy groups -OCH3 is 1. The van der Waals surface area contributed by atoms with Crippen LogP contribution in [0.3, 0.4) is 0 Å². The molecule has 0 saturated carbocycles. The first kappa shape index (κ1) is 16.1. The summed E-state index contributed by atoms with van der Waals surface area (Å²) in [7, 11) is 1.72. The fourth-order valence-electron chi connectivity index (χ4n) is 2.23. The smallest absolute Gasteiger partial charge is 0.0764 e. The summed E-state index contributed by atoms with van der Waals surface area (Å²) in [6.45, 7) is 8.41. The maximum Gasteiger partial charge on any atom is 0.0764 e. The van der Waals surface area contributed by atoms with Gasteiger partial charge in [-0.2, -0.15) is 5.10 Å². The van der Waals surface area contributed by atoms with Crippen LogP contribution in [0.1, 0.15) is 38.4 Å². The van der Waals surface area contributed by atoms with Gasteiger partial charge in [0.15, 0.2) is 0 Å². The van der Waals surface area contributed by atoms with Gasteiger partial charge in [0.25, 0.3) is 0 Å². The molecule has 1 heterocycles. The highest BCUT2D eigenvalue weighted by molar-refractivity contribution is 4.99. The van der Waals surface area contributed by atoms with E-state index in [1.807, 2.05) is 0 Å². The molecule has 0 amide bonds. The second kappa shape index (κ2) is 9.07. The van der Waals surface area contributed by atoms with Crippen LogP contribution < -0.4 is 5.73 Å². The van der Waals surface area contributed by atoms with Crippen LogP contribution in [0.25, 0.3) is 0 Å². The van der Waals surface area contributed by atoms with E-state index in [-0.39, 0.29) is 0 Å². The molecule has 0 spiro atoms. The zero-order valence-corrected chi connectivity index (χ0v) is 12.5. The van der Waals surface area contributed by atoms with Crippen molar-refractivity contribution >= 4 is 0 Å². The quantitative estimate of drug-likeness (QED) is 0.701. The zero-order chi connectivity index (χ0) is 14.1. The van der Waals surface area contributed by atoms with E-state index in [0.717, 1.165) is 44.8 Å². The number of nitrogens with zero attached hydrogens (tertiary/aromatic N) is 3. The summed E-state index contributed by atoms with van der Waals surface area (Å²) >= 11 is 0. The molecular weight excluding hydrogens is 240 g/mol. The average molecular weight is 268 g/mol. The molecule has 0 aliphatic rings. The molecule has 2 N–H and O–H groups in total. The van der Waals surface area contributed by atoms with Gasteiger partial charge in [0.1, 0.15) is 0 Å². The van der Waals surface area contributed by atoms with Gasteiger partial charge in [0, 0.05) is 39.5 Å². The number of rotatable bonds is 10. The van der Waals surface area contributed by atoms with E-state index in [9.17, 15) is 0 Å². The van der Waals surface area contributed by atoms with Gasteiger partial charge in [-0.3, -0.25) is 9.58 Å². The minimum absolute atomic E-state index is 0.510. The van der Waals surface area contributed by atoms with Crippen LogP contribution in [0, 0.1) is 0 Å². The molecule has 5 nitrogen and oxygen atoms in total. The van der Waals surface area contributed by atoms with Gasteiger partial charge in [0.2, 0.25) is 0 Å². The first-order valence-corrected chi connectivity index (χ1v) is 7.20. The number of aromatic nitrogens is 2. The number of ether oxygens (including phenoxy) is 1. The molecule has 0 aromatic carbocycles. The fraction of sp³-hybridized carbons (Fsp3) is 0.786. The van der Waals surface area contributed by atoms with Crippen LogP contribution in [-0.4, -0.2) is 48.0 Å². The molecule has 19 heavy (non-hydrogen) atoms. The van der Waals surface area contributed by atoms with Crippen LogP contribution in [0.5, 0.6) is 0 Å². The van der Waals surface area contributed by atoms with Crippen molar-refractivity contribution in [3.05, 3.63) is 18.0 Å². The third kappa shape index (κ3) is 5.30. The minimum atomic E-state index is 0.510. The van der Waals surface area contributed by atoms with E-state index < -0.39 is 0 Å². The van der Waals surface area contributed by atoms with E-state index in [0.29, 0.717) is 12.6 Å². The normalized spacial score (nSPS) is 11.7. The topological polar surface area (TPSA) is 56.3 Å². The molecule has 0 radical (unpaired) electrons. The molecule has 0 unspecified atom stereocenters. The summed E-state index contributed by atoms with van der Waals surface area (Å²) < 4.78 is 7.22. The SMILES string of the molecule is CCC(CC)n1ccc(CN(CCN)CCOC)n1. The second-order valence-electron chi connectivity index (χ2n) is 4.82. The van der Waals surface area contributed by atoms with E-state index >= 15 is 0 Å². The molecule has 110 valence electrons. The number of hydrogen-bond acceptors (Lipinski definition) is 4. The molecule has 0 atom stereocenters. The average Bonchev–Trinajstić information content (AvgIpc) is 2.86. The standard InChI is InChI=1S/C14H28N4O/c1-4-14(5-2)18-8-6-13(16-18)12-17(9-7-15)10-11-19-3/h6,8,14H,4-5,7,9-12,15H2,1-3H3. The maximum atomic E-state index is 5.64. The highest BCUT2D eigenvalue weighted by Gasteiger charge is 2.10. The number of nitrogens with two attached hydrogens (primary N) is 1. The second-order valence-corrected chi connectivity index (χ2v) is 4.82. The van der Waals surface area contributed by atoms with Crippen molar-refractivity contribution in [2.75, 3.05) is 33.4 Å². The van der Waals surface area contributed by atoms with E-state index in [2.05, 4.69) is 40.8 Å². The lowest BCUT2D eigenvalue weighted by atomic mass is 10.2. The van der Waals surface area contributed by atoms with Gasteiger partial charge in [-0.15, -0.1) is 0 Å². The Balaban J connectivity index is 2.58. The molecule has 0 aliphatic heterocycles. The Bertz CT molecular complexity index is 336. The Morgan fingerprint density at radius 3 is 2.68 bits per heavy atom. The lowest BCUT2D eigenvalue weighted by Gasteiger charge is -2.20. The lowest BCUT2D eigenvalue weighted by molar-refractivity contribution is 0.145. The van der Waals surface area contributed by atoms with Crippen molar-refractivity contribution in [3.63, 3.8) is 0 Å². The summed E-state index contributed by atoms with van der Waals surface area (Å²) in [5, 5.41) is 4.68. The molecular formula is C14H28N4O. The van der Waals surface area contributed by atoms with E-state index in [4.69, 9.17) is 10.5 Å². The maximum absolute atomic E-state index is 5.64. The molecule has 0 saturated heterocycles. The van der Waals surface area contributed by atoms with Gasteiger partial charge in [-0.25, -0.2) is 0 Å². The molecule has 1 aromatic heterocycles. The van der Waals surface area contributed by atoms with Gasteiger partial charge >= 0.3 is 0 Å². The van der Waals surface area contributed by atoms with Crippen LogP contribution in [0.15, 0.2) is 12.3 Å². The van der Waals surface area contributed by atoms with Crippen molar-refractivity contribution in [1.82, 2.24) is 14.7 Å². The highest BCUT2D eigenvalue weighted by atomic mass is 16.5. The van der Waals surface area contributed by atoms with Crippen LogP contribution >= 0.6 is 0 Å². The fourth-order valence-corrected chi connectivity index (χ4v) is 2.23. The lowest BCUT2D eigenvalue weighted by Crippen LogP contribution is -2.32. The Labute approximate surface area is 116 Å². The first-order valence-electron chi connectivity index (χ1n) is 7.20. The van der Waals surface area contributed by atoms with Gasteiger partial charge in [0.05, 0.1) is 18.3 Å². The monoisotopic (exact) mass is 268 g/mol. The summed E-state index contributed by atoms with van der Waals surface area (Å²) in [4.78, 5) is 2.28. The third-order valence-electron chi connectivity index (χ3n) is 3.42. The predicted molar refractivity (Wildman–Crippen MR) is 78.1 cm³/mol. The molecule has 1 aromatic rings. The van der Waals surface area contributed by atoms with Crippen molar-refractivity contribution in [2.24, 2.45) is 5.73 Å². The largest absolute Gasteiger partial charge is 0.383 e. The van der Waals surface area contributed by atoms with Crippen molar-refractivity contribution in [3.8, 4) is 0 Å². The van der Waals surface area contributed by atoms with Gasteiger partial charge in [-0.1, -0.05) is 13.8 Å². The summed E-state index contributed by atoms with van der Waals surface area (Å²) in [6.07, 6.45) is 4.32. The Morgan fingerprint density at radius 1 is 1.37 bits per heavy atom. The Kier molecular flexibility index (Phi) is 7.70. The van der Waals surface area contributed by atoms with Gasteiger partial charge in [-0.05, 0) is 18.9 Å². The van der Waals surface area contributed by atoms with Crippen LogP contribution in [0.4, 0.5) is 0 Å². The van der Waals surface area contributed by atoms with Crippen molar-refractivity contribution in [1.29, 1.82) is 0 Å². The Hall–Kier alpha value is -0.910. The van der Waals surface area contributed by atoms with Crippen LogP contribution in [0.2, 0.25) is 0 Å². The van der Waals surface area contributed by atoms with E-state index in [1.54, 1.807) is 7.11 Å². The molecule has 0 fully saturated rings. The Morgan fingerprint density at radius 2 is 2.11 bits per heavy atom. The summed E-state index contributed by atoms with van der Waals surface area (Å²) in [5.41, 5.74) is 6.75. The van der Waals surface area contributed by atoms with E-state index in [1.165, 1.54) is 0 Å². The predicted octanol–water partition coefficient (Wildman–Crippen LogP) is 1.65. The third-order valence-corrected chi connectivity index (χ3v) is 3.42. The summed E-state index contributed by atoms with van der Waals surface area (Å²) in [6, 6.07) is 2.62. The number of hydrogen-bond donors (Lipinski definition) is 1. The molecule has 0 bridgehead atoms. The molecule has 5 heteroatoms. The zero-order valence-electron chi connectivity index (χ0n) is 12.5. The van der Waals surface area contributed by atoms with Gasteiger partial charge < -0.3 is 10.5 Å². The molecule has 1 rings (SSSR count). The highest BCUT2D eigenvalue weighted by Crippen LogP contribution is 2.15. The minimum Gasteiger partial charge on any atom is -0.383 e. The first-order chi connectivity index (χ1) is 9.24.